The maximum absolute atomic E-state index is 14.1. The van der Waals surface area contributed by atoms with Crippen molar-refractivity contribution in [3.8, 4) is 10.6 Å². The van der Waals surface area contributed by atoms with E-state index in [2.05, 4.69) is 10.3 Å². The van der Waals surface area contributed by atoms with E-state index in [1.807, 2.05) is 0 Å². The highest BCUT2D eigenvalue weighted by Crippen LogP contribution is 2.35. The first-order valence-electron chi connectivity index (χ1n) is 6.39. The summed E-state index contributed by atoms with van der Waals surface area (Å²) in [7, 11) is 0. The van der Waals surface area contributed by atoms with Crippen LogP contribution in [0.2, 0.25) is 0 Å². The normalized spacial score (nSPS) is 18.1. The number of nitro benzene ring substituents is 1. The molecule has 2 heterocycles. The fraction of sp³-hybridized carbons (Fsp3) is 0.308. The molecule has 1 fully saturated rings. The number of nitro groups is 1. The first kappa shape index (κ1) is 14.0. The third-order valence-electron chi connectivity index (χ3n) is 3.42. The zero-order valence-corrected chi connectivity index (χ0v) is 11.6. The predicted molar refractivity (Wildman–Crippen MR) is 74.1 cm³/mol. The van der Waals surface area contributed by atoms with Gasteiger partial charge in [0.1, 0.15) is 10.8 Å². The number of hydrogen-bond donors (Lipinski definition) is 1. The Kier molecular flexibility index (Phi) is 3.64. The van der Waals surface area contributed by atoms with Gasteiger partial charge in [0.25, 0.3) is 0 Å². The van der Waals surface area contributed by atoms with E-state index in [0.29, 0.717) is 0 Å². The van der Waals surface area contributed by atoms with Gasteiger partial charge in [0, 0.05) is 11.4 Å². The van der Waals surface area contributed by atoms with Crippen molar-refractivity contribution in [1.29, 1.82) is 0 Å². The molecule has 1 atom stereocenters. The van der Waals surface area contributed by atoms with Gasteiger partial charge in [-0.1, -0.05) is 0 Å². The van der Waals surface area contributed by atoms with Crippen LogP contribution in [-0.2, 0) is 0 Å². The van der Waals surface area contributed by atoms with Crippen molar-refractivity contribution in [2.45, 2.75) is 18.9 Å². The first-order valence-corrected chi connectivity index (χ1v) is 7.27. The van der Waals surface area contributed by atoms with Crippen LogP contribution in [0.15, 0.2) is 17.5 Å². The highest BCUT2D eigenvalue weighted by atomic mass is 32.1. The Morgan fingerprint density at radius 3 is 2.90 bits per heavy atom. The molecule has 1 aliphatic rings. The predicted octanol–water partition coefficient (Wildman–Crippen LogP) is 3.42. The lowest BCUT2D eigenvalue weighted by molar-refractivity contribution is -0.387. The smallest absolute Gasteiger partial charge is 0.305 e. The van der Waals surface area contributed by atoms with E-state index in [1.54, 1.807) is 5.38 Å². The van der Waals surface area contributed by atoms with Crippen LogP contribution in [0.3, 0.4) is 0 Å². The standard InChI is InChI=1S/C13H11F2N3O2S/c14-7-3-4-10(18(19)20)12(15)11(7)13-17-9(6-21-13)8-2-1-5-16-8/h3-4,6,8,16H,1-2,5H2. The monoisotopic (exact) mass is 311 g/mol. The molecule has 0 bridgehead atoms. The SMILES string of the molecule is O=[N+]([O-])c1ccc(F)c(-c2nc(C3CCCN3)cs2)c1F. The molecule has 1 saturated heterocycles. The van der Waals surface area contributed by atoms with Crippen molar-refractivity contribution < 1.29 is 13.7 Å². The molecule has 1 aliphatic heterocycles. The second kappa shape index (κ2) is 5.45. The molecule has 1 aromatic carbocycles. The molecule has 5 nitrogen and oxygen atoms in total. The van der Waals surface area contributed by atoms with Crippen LogP contribution in [0.25, 0.3) is 10.6 Å². The zero-order chi connectivity index (χ0) is 15.0. The second-order valence-electron chi connectivity index (χ2n) is 4.74. The van der Waals surface area contributed by atoms with Gasteiger partial charge >= 0.3 is 5.69 Å². The molecule has 0 amide bonds. The summed E-state index contributed by atoms with van der Waals surface area (Å²) in [6.45, 7) is 0.886. The van der Waals surface area contributed by atoms with E-state index in [1.165, 1.54) is 0 Å². The van der Waals surface area contributed by atoms with Crippen LogP contribution < -0.4 is 5.32 Å². The minimum atomic E-state index is -1.18. The number of aromatic nitrogens is 1. The summed E-state index contributed by atoms with van der Waals surface area (Å²) in [6, 6.07) is 1.80. The Hall–Kier alpha value is -1.93. The Morgan fingerprint density at radius 2 is 2.24 bits per heavy atom. The van der Waals surface area contributed by atoms with Gasteiger partial charge in [0.05, 0.1) is 22.2 Å². The van der Waals surface area contributed by atoms with Gasteiger partial charge in [0.2, 0.25) is 5.82 Å². The molecule has 0 radical (unpaired) electrons. The summed E-state index contributed by atoms with van der Waals surface area (Å²) in [5.41, 5.74) is -0.460. The highest BCUT2D eigenvalue weighted by Gasteiger charge is 2.26. The largest absolute Gasteiger partial charge is 0.309 e. The molecule has 1 unspecified atom stereocenters. The number of benzene rings is 1. The molecule has 1 N–H and O–H groups in total. The van der Waals surface area contributed by atoms with Gasteiger partial charge in [-0.3, -0.25) is 10.1 Å². The molecule has 110 valence electrons. The lowest BCUT2D eigenvalue weighted by Gasteiger charge is -2.05. The second-order valence-corrected chi connectivity index (χ2v) is 5.60. The van der Waals surface area contributed by atoms with E-state index in [0.717, 1.165) is 48.5 Å². The maximum Gasteiger partial charge on any atom is 0.305 e. The van der Waals surface area contributed by atoms with Gasteiger partial charge < -0.3 is 5.32 Å². The Balaban J connectivity index is 2.04. The van der Waals surface area contributed by atoms with Gasteiger partial charge in [-0.2, -0.15) is 4.39 Å². The van der Waals surface area contributed by atoms with E-state index in [-0.39, 0.29) is 11.0 Å². The zero-order valence-electron chi connectivity index (χ0n) is 10.8. The summed E-state index contributed by atoms with van der Waals surface area (Å²) in [5, 5.41) is 15.8. The van der Waals surface area contributed by atoms with Crippen LogP contribution in [0, 0.1) is 21.7 Å². The van der Waals surface area contributed by atoms with Crippen molar-refractivity contribution in [2.75, 3.05) is 6.54 Å². The summed E-state index contributed by atoms with van der Waals surface area (Å²) >= 11 is 1.08. The van der Waals surface area contributed by atoms with E-state index < -0.39 is 27.8 Å². The molecular weight excluding hydrogens is 300 g/mol. The number of halogens is 2. The minimum Gasteiger partial charge on any atom is -0.309 e. The van der Waals surface area contributed by atoms with Crippen LogP contribution in [0.4, 0.5) is 14.5 Å². The van der Waals surface area contributed by atoms with E-state index in [9.17, 15) is 18.9 Å². The number of rotatable bonds is 3. The molecular formula is C13H11F2N3O2S. The van der Waals surface area contributed by atoms with Crippen molar-refractivity contribution in [3.05, 3.63) is 45.0 Å². The lowest BCUT2D eigenvalue weighted by Crippen LogP contribution is -2.13. The fourth-order valence-corrected chi connectivity index (χ4v) is 3.29. The van der Waals surface area contributed by atoms with Crippen LogP contribution in [0.5, 0.6) is 0 Å². The van der Waals surface area contributed by atoms with Crippen LogP contribution >= 0.6 is 11.3 Å². The number of nitrogens with zero attached hydrogens (tertiary/aromatic N) is 2. The Labute approximate surface area is 122 Å². The van der Waals surface area contributed by atoms with Crippen molar-refractivity contribution in [3.63, 3.8) is 0 Å². The molecule has 0 saturated carbocycles. The summed E-state index contributed by atoms with van der Waals surface area (Å²) in [6.07, 6.45) is 1.94. The summed E-state index contributed by atoms with van der Waals surface area (Å²) in [5.74, 6) is -2.03. The molecule has 21 heavy (non-hydrogen) atoms. The Bertz CT molecular complexity index is 699. The molecule has 0 aliphatic carbocycles. The molecule has 3 rings (SSSR count). The quantitative estimate of drug-likeness (QED) is 0.696. The molecule has 2 aromatic rings. The maximum atomic E-state index is 14.1. The van der Waals surface area contributed by atoms with Crippen LogP contribution in [-0.4, -0.2) is 16.5 Å². The molecule has 1 aromatic heterocycles. The van der Waals surface area contributed by atoms with Crippen molar-refractivity contribution >= 4 is 17.0 Å². The van der Waals surface area contributed by atoms with Crippen LogP contribution in [0.1, 0.15) is 24.6 Å². The average molecular weight is 311 g/mol. The van der Waals surface area contributed by atoms with Crippen molar-refractivity contribution in [2.24, 2.45) is 0 Å². The number of thiazole rings is 1. The summed E-state index contributed by atoms with van der Waals surface area (Å²) < 4.78 is 28.0. The molecule has 0 spiro atoms. The summed E-state index contributed by atoms with van der Waals surface area (Å²) in [4.78, 5) is 14.1. The topological polar surface area (TPSA) is 68.1 Å². The van der Waals surface area contributed by atoms with Gasteiger partial charge in [-0.05, 0) is 25.5 Å². The first-order chi connectivity index (χ1) is 10.1. The fourth-order valence-electron chi connectivity index (χ4n) is 2.38. The third kappa shape index (κ3) is 2.52. The lowest BCUT2D eigenvalue weighted by atomic mass is 10.1. The van der Waals surface area contributed by atoms with E-state index in [4.69, 9.17) is 0 Å². The van der Waals surface area contributed by atoms with Gasteiger partial charge in [0.15, 0.2) is 0 Å². The van der Waals surface area contributed by atoms with E-state index >= 15 is 0 Å². The highest BCUT2D eigenvalue weighted by molar-refractivity contribution is 7.13. The third-order valence-corrected chi connectivity index (χ3v) is 4.30. The average Bonchev–Trinajstić information content (AvgIpc) is 3.09. The molecule has 8 heteroatoms. The Morgan fingerprint density at radius 1 is 1.43 bits per heavy atom. The van der Waals surface area contributed by atoms with Crippen molar-refractivity contribution in [1.82, 2.24) is 10.3 Å². The number of hydrogen-bond acceptors (Lipinski definition) is 5. The minimum absolute atomic E-state index is 0.0832. The van der Waals surface area contributed by atoms with Gasteiger partial charge in [-0.25, -0.2) is 9.37 Å². The number of nitrogens with one attached hydrogen (secondary N) is 1. The van der Waals surface area contributed by atoms with Gasteiger partial charge in [-0.15, -0.1) is 11.3 Å².